The van der Waals surface area contributed by atoms with Gasteiger partial charge in [0, 0.05) is 17.0 Å². The third-order valence-electron chi connectivity index (χ3n) is 5.80. The number of aromatic nitrogens is 3. The highest BCUT2D eigenvalue weighted by Gasteiger charge is 2.24. The molecule has 0 N–H and O–H groups in total. The summed E-state index contributed by atoms with van der Waals surface area (Å²) >= 11 is 1.26. The number of carbonyl (C=O) groups excluding carboxylic acids is 1. The van der Waals surface area contributed by atoms with Crippen LogP contribution in [0, 0.1) is 13.8 Å². The average Bonchev–Trinajstić information content (AvgIpc) is 3.42. The maximum absolute atomic E-state index is 13.0. The number of nitrogens with zero attached hydrogens (tertiary/aromatic N) is 3. The predicted octanol–water partition coefficient (Wildman–Crippen LogP) is 4.89. The third-order valence-corrected chi connectivity index (χ3v) is 6.62. The van der Waals surface area contributed by atoms with Gasteiger partial charge in [-0.2, -0.15) is 0 Å². The second-order valence-corrected chi connectivity index (χ2v) is 9.16. The Morgan fingerprint density at radius 3 is 2.65 bits per heavy atom. The van der Waals surface area contributed by atoms with Crippen LogP contribution in [0.2, 0.25) is 0 Å². The molecule has 2 aromatic carbocycles. The molecule has 0 unspecified atom stereocenters. The second kappa shape index (κ2) is 9.77. The summed E-state index contributed by atoms with van der Waals surface area (Å²) in [6.45, 7) is 5.05. The van der Waals surface area contributed by atoms with Gasteiger partial charge in [-0.25, -0.2) is 0 Å². The fourth-order valence-corrected chi connectivity index (χ4v) is 4.73. The Hall–Kier alpha value is -3.52. The Kier molecular flexibility index (Phi) is 6.40. The van der Waals surface area contributed by atoms with Crippen molar-refractivity contribution < 1.29 is 18.7 Å². The van der Waals surface area contributed by atoms with Crippen LogP contribution in [0.15, 0.2) is 70.3 Å². The molecular weight excluding hydrogens is 450 g/mol. The molecule has 2 aromatic heterocycles. The molecule has 0 bridgehead atoms. The number of aryl methyl sites for hydroxylation is 1. The van der Waals surface area contributed by atoms with Gasteiger partial charge in [-0.15, -0.1) is 10.2 Å². The number of Topliss-reactive ketones (excluding diaryl/α,β-unsaturated/α-hetero) is 1. The lowest BCUT2D eigenvalue weighted by Crippen LogP contribution is -2.33. The van der Waals surface area contributed by atoms with Crippen molar-refractivity contribution in [2.24, 2.45) is 0 Å². The van der Waals surface area contributed by atoms with Gasteiger partial charge >= 0.3 is 0 Å². The van der Waals surface area contributed by atoms with E-state index in [1.807, 2.05) is 74.5 Å². The van der Waals surface area contributed by atoms with Crippen LogP contribution in [0.4, 0.5) is 0 Å². The number of carbonyl (C=O) groups is 1. The molecule has 7 nitrogen and oxygen atoms in total. The normalized spacial score (nSPS) is 14.8. The fraction of sp³-hybridized carbons (Fsp3) is 0.269. The standard InChI is InChI=1S/C26H25N3O4S/c1-17-12-21(18(2)29(17)14-20-15-31-23-10-6-7-11-24(23)32-20)22(30)16-34-26-28-27-25(33-26)13-19-8-4-3-5-9-19/h3-12,20H,13-16H2,1-2H3/t20-/m1/s1. The molecule has 0 amide bonds. The number of hydrogen-bond donors (Lipinski definition) is 0. The number of rotatable bonds is 8. The molecule has 0 saturated heterocycles. The maximum atomic E-state index is 13.0. The van der Waals surface area contributed by atoms with E-state index in [0.29, 0.717) is 36.2 Å². The van der Waals surface area contributed by atoms with Crippen LogP contribution in [0.25, 0.3) is 0 Å². The predicted molar refractivity (Wildman–Crippen MR) is 129 cm³/mol. The number of hydrogen-bond acceptors (Lipinski definition) is 7. The second-order valence-electron chi connectivity index (χ2n) is 8.23. The van der Waals surface area contributed by atoms with E-state index in [4.69, 9.17) is 13.9 Å². The summed E-state index contributed by atoms with van der Waals surface area (Å²) in [5.74, 6) is 2.31. The summed E-state index contributed by atoms with van der Waals surface area (Å²) in [4.78, 5) is 13.0. The van der Waals surface area contributed by atoms with Gasteiger partial charge in [0.05, 0.1) is 18.7 Å². The summed E-state index contributed by atoms with van der Waals surface area (Å²) in [6.07, 6.45) is 0.444. The van der Waals surface area contributed by atoms with Crippen molar-refractivity contribution >= 4 is 17.5 Å². The zero-order chi connectivity index (χ0) is 23.5. The minimum absolute atomic E-state index is 0.0262. The zero-order valence-electron chi connectivity index (χ0n) is 19.1. The van der Waals surface area contributed by atoms with E-state index in [2.05, 4.69) is 14.8 Å². The Bertz CT molecular complexity index is 1300. The summed E-state index contributed by atoms with van der Waals surface area (Å²) in [5, 5.41) is 8.58. The van der Waals surface area contributed by atoms with Gasteiger partial charge < -0.3 is 18.5 Å². The van der Waals surface area contributed by atoms with Gasteiger partial charge in [0.25, 0.3) is 5.22 Å². The molecule has 0 aliphatic carbocycles. The number of thioether (sulfide) groups is 1. The first-order chi connectivity index (χ1) is 16.6. The summed E-state index contributed by atoms with van der Waals surface area (Å²) in [6, 6.07) is 19.5. The highest BCUT2D eigenvalue weighted by molar-refractivity contribution is 7.99. The van der Waals surface area contributed by atoms with E-state index in [9.17, 15) is 4.79 Å². The van der Waals surface area contributed by atoms with Crippen LogP contribution in [0.3, 0.4) is 0 Å². The van der Waals surface area contributed by atoms with E-state index in [-0.39, 0.29) is 17.6 Å². The van der Waals surface area contributed by atoms with E-state index in [0.717, 1.165) is 28.5 Å². The van der Waals surface area contributed by atoms with Crippen molar-refractivity contribution in [2.75, 3.05) is 12.4 Å². The number of ether oxygens (including phenoxy) is 2. The van der Waals surface area contributed by atoms with E-state index in [1.165, 1.54) is 11.8 Å². The zero-order valence-corrected chi connectivity index (χ0v) is 19.9. The van der Waals surface area contributed by atoms with Crippen LogP contribution in [0.1, 0.15) is 33.2 Å². The van der Waals surface area contributed by atoms with Crippen LogP contribution in [0.5, 0.6) is 11.5 Å². The maximum Gasteiger partial charge on any atom is 0.277 e. The van der Waals surface area contributed by atoms with Crippen molar-refractivity contribution in [3.63, 3.8) is 0 Å². The molecule has 1 aliphatic rings. The minimum Gasteiger partial charge on any atom is -0.486 e. The minimum atomic E-state index is -0.126. The third kappa shape index (κ3) is 4.87. The number of ketones is 1. The molecular formula is C26H25N3O4S. The van der Waals surface area contributed by atoms with Gasteiger partial charge in [-0.3, -0.25) is 4.79 Å². The van der Waals surface area contributed by atoms with Crippen LogP contribution in [-0.4, -0.2) is 39.0 Å². The Morgan fingerprint density at radius 2 is 1.82 bits per heavy atom. The van der Waals surface area contributed by atoms with E-state index >= 15 is 0 Å². The van der Waals surface area contributed by atoms with Crippen molar-refractivity contribution in [1.82, 2.24) is 14.8 Å². The number of fused-ring (bicyclic) bond motifs is 1. The topological polar surface area (TPSA) is 79.4 Å². The molecule has 4 aromatic rings. The Labute approximate surface area is 202 Å². The smallest absolute Gasteiger partial charge is 0.277 e. The van der Waals surface area contributed by atoms with E-state index < -0.39 is 0 Å². The van der Waals surface area contributed by atoms with Crippen molar-refractivity contribution in [3.05, 3.63) is 89.1 Å². The lowest BCUT2D eigenvalue weighted by molar-refractivity contribution is 0.0777. The van der Waals surface area contributed by atoms with Crippen molar-refractivity contribution in [2.45, 2.75) is 38.1 Å². The van der Waals surface area contributed by atoms with Gasteiger partial charge in [-0.05, 0) is 37.6 Å². The van der Waals surface area contributed by atoms with Crippen LogP contribution < -0.4 is 9.47 Å². The lowest BCUT2D eigenvalue weighted by Gasteiger charge is -2.27. The van der Waals surface area contributed by atoms with Gasteiger partial charge in [0.15, 0.2) is 23.4 Å². The molecule has 0 radical (unpaired) electrons. The Balaban J connectivity index is 1.20. The molecule has 0 spiro atoms. The summed E-state index contributed by atoms with van der Waals surface area (Å²) in [7, 11) is 0. The number of para-hydroxylation sites is 2. The van der Waals surface area contributed by atoms with Crippen molar-refractivity contribution in [1.29, 1.82) is 0 Å². The Morgan fingerprint density at radius 1 is 1.06 bits per heavy atom. The highest BCUT2D eigenvalue weighted by Crippen LogP contribution is 2.32. The van der Waals surface area contributed by atoms with Gasteiger partial charge in [0.2, 0.25) is 5.89 Å². The fourth-order valence-electron chi connectivity index (χ4n) is 4.06. The molecule has 5 rings (SSSR count). The van der Waals surface area contributed by atoms with Gasteiger partial charge in [0.1, 0.15) is 6.61 Å². The highest BCUT2D eigenvalue weighted by atomic mass is 32.2. The quantitative estimate of drug-likeness (QED) is 0.265. The monoisotopic (exact) mass is 475 g/mol. The molecule has 0 fully saturated rings. The average molecular weight is 476 g/mol. The van der Waals surface area contributed by atoms with Crippen LogP contribution in [-0.2, 0) is 13.0 Å². The first-order valence-corrected chi connectivity index (χ1v) is 12.1. The first kappa shape index (κ1) is 22.3. The first-order valence-electron chi connectivity index (χ1n) is 11.1. The molecule has 0 saturated carbocycles. The summed E-state index contributed by atoms with van der Waals surface area (Å²) < 4.78 is 19.8. The largest absolute Gasteiger partial charge is 0.486 e. The molecule has 3 heterocycles. The molecule has 34 heavy (non-hydrogen) atoms. The molecule has 174 valence electrons. The molecule has 1 aliphatic heterocycles. The van der Waals surface area contributed by atoms with Crippen LogP contribution >= 0.6 is 11.8 Å². The molecule has 8 heteroatoms. The summed E-state index contributed by atoms with van der Waals surface area (Å²) in [5.41, 5.74) is 3.73. The lowest BCUT2D eigenvalue weighted by atomic mass is 10.2. The molecule has 1 atom stereocenters. The van der Waals surface area contributed by atoms with Gasteiger partial charge in [-0.1, -0.05) is 54.2 Å². The van der Waals surface area contributed by atoms with E-state index in [1.54, 1.807) is 0 Å². The SMILES string of the molecule is Cc1cc(C(=O)CSc2nnc(Cc3ccccc3)o2)c(C)n1C[C@@H]1COc2ccccc2O1. The number of benzene rings is 2. The van der Waals surface area contributed by atoms with Crippen molar-refractivity contribution in [3.8, 4) is 11.5 Å².